The van der Waals surface area contributed by atoms with Gasteiger partial charge >= 0.3 is 0 Å². The van der Waals surface area contributed by atoms with E-state index in [-0.39, 0.29) is 22.6 Å². The van der Waals surface area contributed by atoms with Gasteiger partial charge in [-0.3, -0.25) is 4.79 Å². The summed E-state index contributed by atoms with van der Waals surface area (Å²) >= 11 is 0. The van der Waals surface area contributed by atoms with Crippen LogP contribution < -0.4 is 10.2 Å². The van der Waals surface area contributed by atoms with E-state index in [0.717, 1.165) is 16.9 Å². The molecule has 4 rings (SSSR count). The number of nitrogens with zero attached hydrogens (tertiary/aromatic N) is 2. The Hall–Kier alpha value is -2.38. The number of carbonyl (C=O) groups excluding carboxylic acids is 1. The molecular formula is C21H25N3O3S. The summed E-state index contributed by atoms with van der Waals surface area (Å²) < 4.78 is 27.9. The van der Waals surface area contributed by atoms with E-state index in [1.54, 1.807) is 22.5 Å². The molecule has 7 heteroatoms. The molecule has 0 bridgehead atoms. The van der Waals surface area contributed by atoms with Gasteiger partial charge in [0, 0.05) is 37.6 Å². The fourth-order valence-corrected chi connectivity index (χ4v) is 5.52. The van der Waals surface area contributed by atoms with E-state index in [9.17, 15) is 13.2 Å². The summed E-state index contributed by atoms with van der Waals surface area (Å²) in [6.45, 7) is 6.15. The minimum Gasteiger partial charge on any atom is -0.369 e. The van der Waals surface area contributed by atoms with Crippen LogP contribution in [-0.2, 0) is 14.8 Å². The average molecular weight is 400 g/mol. The first-order chi connectivity index (χ1) is 13.4. The number of fused-ring (bicyclic) bond motifs is 1. The Morgan fingerprint density at radius 1 is 1.00 bits per heavy atom. The lowest BCUT2D eigenvalue weighted by Gasteiger charge is -2.35. The number of amides is 1. The van der Waals surface area contributed by atoms with Crippen molar-refractivity contribution in [1.29, 1.82) is 0 Å². The number of anilines is 2. The van der Waals surface area contributed by atoms with E-state index in [1.807, 2.05) is 44.2 Å². The van der Waals surface area contributed by atoms with E-state index in [4.69, 9.17) is 0 Å². The van der Waals surface area contributed by atoms with Crippen molar-refractivity contribution in [1.82, 2.24) is 4.31 Å². The van der Waals surface area contributed by atoms with E-state index in [1.165, 1.54) is 0 Å². The third-order valence-corrected chi connectivity index (χ3v) is 7.46. The molecule has 1 N–H and O–H groups in total. The van der Waals surface area contributed by atoms with Crippen LogP contribution in [0.4, 0.5) is 11.4 Å². The lowest BCUT2D eigenvalue weighted by atomic mass is 9.90. The first-order valence-electron chi connectivity index (χ1n) is 9.63. The highest BCUT2D eigenvalue weighted by Gasteiger charge is 2.35. The van der Waals surface area contributed by atoms with Gasteiger partial charge in [-0.1, -0.05) is 32.0 Å². The van der Waals surface area contributed by atoms with Crippen molar-refractivity contribution >= 4 is 27.3 Å². The molecule has 0 spiro atoms. The Morgan fingerprint density at radius 2 is 1.68 bits per heavy atom. The quantitative estimate of drug-likeness (QED) is 0.858. The monoisotopic (exact) mass is 399 g/mol. The summed E-state index contributed by atoms with van der Waals surface area (Å²) in [7, 11) is -3.59. The third-order valence-electron chi connectivity index (χ3n) is 5.56. The maximum atomic E-state index is 13.2. The zero-order valence-electron chi connectivity index (χ0n) is 16.1. The molecule has 0 aromatic heterocycles. The summed E-state index contributed by atoms with van der Waals surface area (Å²) in [5.41, 5.74) is 2.61. The van der Waals surface area contributed by atoms with Gasteiger partial charge in [-0.05, 0) is 41.8 Å². The van der Waals surface area contributed by atoms with Gasteiger partial charge in [-0.15, -0.1) is 0 Å². The molecule has 0 unspecified atom stereocenters. The Balaban J connectivity index is 1.55. The fraction of sp³-hybridized carbons (Fsp3) is 0.381. The molecule has 2 aromatic rings. The molecule has 6 nitrogen and oxygen atoms in total. The molecule has 0 aliphatic carbocycles. The van der Waals surface area contributed by atoms with Crippen LogP contribution >= 0.6 is 0 Å². The van der Waals surface area contributed by atoms with Crippen LogP contribution in [0.1, 0.15) is 25.3 Å². The summed E-state index contributed by atoms with van der Waals surface area (Å²) in [6, 6.07) is 15.0. The van der Waals surface area contributed by atoms with Crippen LogP contribution in [-0.4, -0.2) is 44.8 Å². The molecule has 0 saturated carbocycles. The van der Waals surface area contributed by atoms with Crippen molar-refractivity contribution in [2.45, 2.75) is 24.7 Å². The number of piperazine rings is 1. The SMILES string of the molecule is CC(C)[C@@H]1C(=O)Nc2ccc(S(=O)(=O)N3CCN(c4ccccc4)CC3)cc21. The minimum atomic E-state index is -3.59. The lowest BCUT2D eigenvalue weighted by molar-refractivity contribution is -0.117. The van der Waals surface area contributed by atoms with Crippen LogP contribution in [0.15, 0.2) is 53.4 Å². The van der Waals surface area contributed by atoms with Crippen molar-refractivity contribution in [2.75, 3.05) is 36.4 Å². The number of sulfonamides is 1. The summed E-state index contributed by atoms with van der Waals surface area (Å²) in [6.07, 6.45) is 0. The molecule has 2 heterocycles. The maximum absolute atomic E-state index is 13.2. The number of carbonyl (C=O) groups is 1. The van der Waals surface area contributed by atoms with Gasteiger partial charge in [0.15, 0.2) is 0 Å². The van der Waals surface area contributed by atoms with Crippen molar-refractivity contribution in [3.05, 3.63) is 54.1 Å². The zero-order chi connectivity index (χ0) is 19.9. The second-order valence-corrected chi connectivity index (χ2v) is 9.62. The van der Waals surface area contributed by atoms with Crippen LogP contribution in [0, 0.1) is 5.92 Å². The molecule has 148 valence electrons. The smallest absolute Gasteiger partial charge is 0.243 e. The van der Waals surface area contributed by atoms with Gasteiger partial charge in [0.1, 0.15) is 0 Å². The van der Waals surface area contributed by atoms with Gasteiger partial charge < -0.3 is 10.2 Å². The van der Waals surface area contributed by atoms with Crippen molar-refractivity contribution in [3.8, 4) is 0 Å². The minimum absolute atomic E-state index is 0.0592. The Labute approximate surface area is 166 Å². The molecule has 1 amide bonds. The predicted octanol–water partition coefficient (Wildman–Crippen LogP) is 2.89. The van der Waals surface area contributed by atoms with Crippen LogP contribution in [0.3, 0.4) is 0 Å². The summed E-state index contributed by atoms with van der Waals surface area (Å²) in [5.74, 6) is -0.260. The number of hydrogen-bond donors (Lipinski definition) is 1. The van der Waals surface area contributed by atoms with Gasteiger partial charge in [0.2, 0.25) is 15.9 Å². The maximum Gasteiger partial charge on any atom is 0.243 e. The lowest BCUT2D eigenvalue weighted by Crippen LogP contribution is -2.48. The van der Waals surface area contributed by atoms with Crippen LogP contribution in [0.5, 0.6) is 0 Å². The van der Waals surface area contributed by atoms with E-state index in [0.29, 0.717) is 26.2 Å². The number of benzene rings is 2. The highest BCUT2D eigenvalue weighted by atomic mass is 32.2. The van der Waals surface area contributed by atoms with Crippen molar-refractivity contribution in [2.24, 2.45) is 5.92 Å². The molecule has 0 radical (unpaired) electrons. The molecule has 2 aromatic carbocycles. The first-order valence-corrected chi connectivity index (χ1v) is 11.1. The Morgan fingerprint density at radius 3 is 2.32 bits per heavy atom. The number of hydrogen-bond acceptors (Lipinski definition) is 4. The largest absolute Gasteiger partial charge is 0.369 e. The van der Waals surface area contributed by atoms with Gasteiger partial charge in [-0.25, -0.2) is 8.42 Å². The van der Waals surface area contributed by atoms with Crippen LogP contribution in [0.25, 0.3) is 0 Å². The predicted molar refractivity (Wildman–Crippen MR) is 110 cm³/mol. The van der Waals surface area contributed by atoms with Gasteiger partial charge in [0.25, 0.3) is 0 Å². The number of nitrogens with one attached hydrogen (secondary N) is 1. The highest BCUT2D eigenvalue weighted by Crippen LogP contribution is 2.38. The average Bonchev–Trinajstić information content (AvgIpc) is 3.04. The Kier molecular flexibility index (Phi) is 4.89. The number of rotatable bonds is 4. The van der Waals surface area contributed by atoms with Gasteiger partial charge in [-0.2, -0.15) is 4.31 Å². The topological polar surface area (TPSA) is 69.7 Å². The van der Waals surface area contributed by atoms with Gasteiger partial charge in [0.05, 0.1) is 10.8 Å². The normalized spacial score (nSPS) is 20.3. The molecule has 2 aliphatic rings. The second-order valence-electron chi connectivity index (χ2n) is 7.69. The van der Waals surface area contributed by atoms with E-state index < -0.39 is 10.0 Å². The summed E-state index contributed by atoms with van der Waals surface area (Å²) in [4.78, 5) is 14.7. The molecule has 1 fully saturated rings. The van der Waals surface area contributed by atoms with Crippen molar-refractivity contribution < 1.29 is 13.2 Å². The second kappa shape index (κ2) is 7.22. The molecular weight excluding hydrogens is 374 g/mol. The highest BCUT2D eigenvalue weighted by molar-refractivity contribution is 7.89. The zero-order valence-corrected chi connectivity index (χ0v) is 16.9. The molecule has 2 aliphatic heterocycles. The third kappa shape index (κ3) is 3.29. The van der Waals surface area contributed by atoms with Crippen LogP contribution in [0.2, 0.25) is 0 Å². The number of para-hydroxylation sites is 1. The van der Waals surface area contributed by atoms with Crippen molar-refractivity contribution in [3.63, 3.8) is 0 Å². The molecule has 1 atom stereocenters. The molecule has 28 heavy (non-hydrogen) atoms. The standard InChI is InChI=1S/C21H25N3O3S/c1-15(2)20-18-14-17(8-9-19(18)22-21(20)25)28(26,27)24-12-10-23(11-13-24)16-6-4-3-5-7-16/h3-9,14-15,20H,10-13H2,1-2H3,(H,22,25)/t20-/m0/s1. The summed E-state index contributed by atoms with van der Waals surface area (Å²) in [5, 5.41) is 2.86. The van der Waals surface area contributed by atoms with E-state index >= 15 is 0 Å². The Bertz CT molecular complexity index is 981. The van der Waals surface area contributed by atoms with E-state index in [2.05, 4.69) is 10.2 Å². The fourth-order valence-electron chi connectivity index (χ4n) is 4.06. The first kappa shape index (κ1) is 19.0. The molecule has 1 saturated heterocycles.